The van der Waals surface area contributed by atoms with Crippen molar-refractivity contribution in [2.75, 3.05) is 20.1 Å². The lowest BCUT2D eigenvalue weighted by molar-refractivity contribution is 0.212. The smallest absolute Gasteiger partial charge is 0.00922 e. The van der Waals surface area contributed by atoms with E-state index in [2.05, 4.69) is 17.3 Å². The third-order valence-corrected chi connectivity index (χ3v) is 4.92. The SMILES string of the molecule is CN(CCCC1CCCCN1)C1CCCCCC1. The second-order valence-corrected chi connectivity index (χ2v) is 6.42. The van der Waals surface area contributed by atoms with Gasteiger partial charge >= 0.3 is 0 Å². The van der Waals surface area contributed by atoms with E-state index in [1.807, 2.05) is 0 Å². The number of nitrogens with one attached hydrogen (secondary N) is 1. The minimum atomic E-state index is 0.821. The lowest BCUT2D eigenvalue weighted by Gasteiger charge is -2.28. The summed E-state index contributed by atoms with van der Waals surface area (Å²) >= 11 is 0. The van der Waals surface area contributed by atoms with E-state index >= 15 is 0 Å². The first-order chi connectivity index (χ1) is 8.86. The molecule has 0 spiro atoms. The first-order valence-electron chi connectivity index (χ1n) is 8.30. The van der Waals surface area contributed by atoms with E-state index in [-0.39, 0.29) is 0 Å². The molecular weight excluding hydrogens is 220 g/mol. The van der Waals surface area contributed by atoms with Gasteiger partial charge in [0.25, 0.3) is 0 Å². The molecule has 1 aliphatic heterocycles. The van der Waals surface area contributed by atoms with Crippen LogP contribution in [0.3, 0.4) is 0 Å². The van der Waals surface area contributed by atoms with Gasteiger partial charge in [0.2, 0.25) is 0 Å². The Morgan fingerprint density at radius 1 is 0.944 bits per heavy atom. The lowest BCUT2D eigenvalue weighted by atomic mass is 10.00. The summed E-state index contributed by atoms with van der Waals surface area (Å²) in [6.07, 6.45) is 15.7. The zero-order valence-corrected chi connectivity index (χ0v) is 12.3. The topological polar surface area (TPSA) is 15.3 Å². The van der Waals surface area contributed by atoms with Crippen LogP contribution >= 0.6 is 0 Å². The highest BCUT2D eigenvalue weighted by atomic mass is 15.1. The molecule has 0 aromatic rings. The van der Waals surface area contributed by atoms with Gasteiger partial charge in [0.1, 0.15) is 0 Å². The van der Waals surface area contributed by atoms with E-state index in [0.29, 0.717) is 0 Å². The molecule has 2 aliphatic rings. The standard InChI is InChI=1S/C16H32N2/c1-18(16-11-4-2-3-5-12-16)14-8-10-15-9-6-7-13-17-15/h15-17H,2-14H2,1H3. The Morgan fingerprint density at radius 2 is 1.67 bits per heavy atom. The van der Waals surface area contributed by atoms with E-state index in [1.54, 1.807) is 0 Å². The number of rotatable bonds is 5. The van der Waals surface area contributed by atoms with Crippen LogP contribution in [0.15, 0.2) is 0 Å². The van der Waals surface area contributed by atoms with Crippen molar-refractivity contribution in [1.82, 2.24) is 10.2 Å². The third kappa shape index (κ3) is 4.89. The summed E-state index contributed by atoms with van der Waals surface area (Å²) in [7, 11) is 2.35. The van der Waals surface area contributed by atoms with Crippen molar-refractivity contribution in [2.24, 2.45) is 0 Å². The summed E-state index contributed by atoms with van der Waals surface area (Å²) in [5.41, 5.74) is 0. The Morgan fingerprint density at radius 3 is 2.33 bits per heavy atom. The molecule has 1 heterocycles. The predicted molar refractivity (Wildman–Crippen MR) is 79.0 cm³/mol. The molecule has 18 heavy (non-hydrogen) atoms. The monoisotopic (exact) mass is 252 g/mol. The molecule has 1 atom stereocenters. The summed E-state index contributed by atoms with van der Waals surface area (Å²) in [6, 6.07) is 1.70. The van der Waals surface area contributed by atoms with E-state index in [4.69, 9.17) is 0 Å². The van der Waals surface area contributed by atoms with Crippen molar-refractivity contribution in [3.63, 3.8) is 0 Å². The largest absolute Gasteiger partial charge is 0.314 e. The minimum absolute atomic E-state index is 0.821. The fourth-order valence-corrected chi connectivity index (χ4v) is 3.64. The third-order valence-electron chi connectivity index (χ3n) is 4.92. The van der Waals surface area contributed by atoms with Gasteiger partial charge in [-0.2, -0.15) is 0 Å². The molecule has 0 aromatic heterocycles. The van der Waals surface area contributed by atoms with Gasteiger partial charge in [-0.3, -0.25) is 0 Å². The van der Waals surface area contributed by atoms with E-state index in [1.165, 1.54) is 83.7 Å². The van der Waals surface area contributed by atoms with Crippen LogP contribution in [0.25, 0.3) is 0 Å². The minimum Gasteiger partial charge on any atom is -0.314 e. The average Bonchev–Trinajstić information content (AvgIpc) is 2.69. The van der Waals surface area contributed by atoms with Crippen LogP contribution in [-0.4, -0.2) is 37.1 Å². The van der Waals surface area contributed by atoms with Crippen LogP contribution in [0, 0.1) is 0 Å². The summed E-state index contributed by atoms with van der Waals surface area (Å²) in [5, 5.41) is 3.66. The average molecular weight is 252 g/mol. The number of hydrogen-bond donors (Lipinski definition) is 1. The molecule has 1 N–H and O–H groups in total. The number of piperidine rings is 1. The van der Waals surface area contributed by atoms with Crippen LogP contribution in [-0.2, 0) is 0 Å². The Labute approximate surface area is 114 Å². The van der Waals surface area contributed by atoms with Crippen LogP contribution in [0.5, 0.6) is 0 Å². The van der Waals surface area contributed by atoms with Crippen LogP contribution in [0.4, 0.5) is 0 Å². The molecule has 2 nitrogen and oxygen atoms in total. The van der Waals surface area contributed by atoms with E-state index in [9.17, 15) is 0 Å². The Hall–Kier alpha value is -0.0800. The molecule has 106 valence electrons. The Bertz CT molecular complexity index is 203. The zero-order chi connectivity index (χ0) is 12.6. The van der Waals surface area contributed by atoms with Gasteiger partial charge in [-0.1, -0.05) is 32.1 Å². The van der Waals surface area contributed by atoms with Crippen molar-refractivity contribution in [2.45, 2.75) is 82.7 Å². The lowest BCUT2D eigenvalue weighted by Crippen LogP contribution is -2.36. The molecule has 0 amide bonds. The number of nitrogens with zero attached hydrogens (tertiary/aromatic N) is 1. The Balaban J connectivity index is 1.59. The van der Waals surface area contributed by atoms with Gasteiger partial charge in [0.05, 0.1) is 0 Å². The number of hydrogen-bond acceptors (Lipinski definition) is 2. The fraction of sp³-hybridized carbons (Fsp3) is 1.00. The normalized spacial score (nSPS) is 27.3. The van der Waals surface area contributed by atoms with E-state index in [0.717, 1.165) is 12.1 Å². The van der Waals surface area contributed by atoms with Crippen molar-refractivity contribution in [3.8, 4) is 0 Å². The van der Waals surface area contributed by atoms with Crippen molar-refractivity contribution in [3.05, 3.63) is 0 Å². The van der Waals surface area contributed by atoms with Crippen molar-refractivity contribution >= 4 is 0 Å². The first-order valence-corrected chi connectivity index (χ1v) is 8.30. The van der Waals surface area contributed by atoms with Crippen molar-refractivity contribution in [1.29, 1.82) is 0 Å². The molecule has 1 saturated carbocycles. The molecule has 2 heteroatoms. The second-order valence-electron chi connectivity index (χ2n) is 6.42. The summed E-state index contributed by atoms with van der Waals surface area (Å²) < 4.78 is 0. The molecule has 2 rings (SSSR count). The molecule has 0 radical (unpaired) electrons. The zero-order valence-electron chi connectivity index (χ0n) is 12.3. The molecule has 2 fully saturated rings. The maximum atomic E-state index is 3.66. The highest BCUT2D eigenvalue weighted by molar-refractivity contribution is 4.75. The highest BCUT2D eigenvalue weighted by Crippen LogP contribution is 2.21. The molecule has 0 aromatic carbocycles. The maximum absolute atomic E-state index is 3.66. The molecule has 1 aliphatic carbocycles. The fourth-order valence-electron chi connectivity index (χ4n) is 3.64. The quantitative estimate of drug-likeness (QED) is 0.753. The van der Waals surface area contributed by atoms with Gasteiger partial charge in [-0.05, 0) is 58.7 Å². The molecular formula is C16H32N2. The van der Waals surface area contributed by atoms with Gasteiger partial charge in [-0.15, -0.1) is 0 Å². The summed E-state index contributed by atoms with van der Waals surface area (Å²) in [6.45, 7) is 2.56. The molecule has 1 unspecified atom stereocenters. The molecule has 1 saturated heterocycles. The maximum Gasteiger partial charge on any atom is 0.00922 e. The van der Waals surface area contributed by atoms with Crippen LogP contribution in [0.2, 0.25) is 0 Å². The summed E-state index contributed by atoms with van der Waals surface area (Å²) in [4.78, 5) is 2.65. The van der Waals surface area contributed by atoms with Gasteiger partial charge < -0.3 is 10.2 Å². The van der Waals surface area contributed by atoms with Crippen LogP contribution in [0.1, 0.15) is 70.6 Å². The van der Waals surface area contributed by atoms with E-state index < -0.39 is 0 Å². The van der Waals surface area contributed by atoms with Crippen LogP contribution < -0.4 is 5.32 Å². The van der Waals surface area contributed by atoms with Gasteiger partial charge in [-0.25, -0.2) is 0 Å². The molecule has 0 bridgehead atoms. The van der Waals surface area contributed by atoms with Gasteiger partial charge in [0.15, 0.2) is 0 Å². The first kappa shape index (κ1) is 14.3. The predicted octanol–water partition coefficient (Wildman–Crippen LogP) is 3.56. The Kier molecular flexibility index (Phi) is 6.50. The summed E-state index contributed by atoms with van der Waals surface area (Å²) in [5.74, 6) is 0. The van der Waals surface area contributed by atoms with Crippen molar-refractivity contribution < 1.29 is 0 Å². The van der Waals surface area contributed by atoms with Gasteiger partial charge in [0, 0.05) is 12.1 Å². The highest BCUT2D eigenvalue weighted by Gasteiger charge is 2.17. The second kappa shape index (κ2) is 8.16.